The van der Waals surface area contributed by atoms with E-state index in [1.54, 1.807) is 6.07 Å². The largest absolute Gasteiger partial charge is 0.385 e. The molecule has 1 aromatic carbocycles. The minimum Gasteiger partial charge on any atom is -0.385 e. The molecule has 0 radical (unpaired) electrons. The summed E-state index contributed by atoms with van der Waals surface area (Å²) < 4.78 is 32.0. The van der Waals surface area contributed by atoms with Crippen molar-refractivity contribution in [2.45, 2.75) is 17.1 Å². The number of nitrogens with one attached hydrogen (secondary N) is 3. The van der Waals surface area contributed by atoms with Crippen LogP contribution in [0.15, 0.2) is 52.9 Å². The maximum absolute atomic E-state index is 13.2. The van der Waals surface area contributed by atoms with Gasteiger partial charge in [0.25, 0.3) is 15.9 Å². The minimum absolute atomic E-state index is 0.0268. The van der Waals surface area contributed by atoms with E-state index in [9.17, 15) is 22.8 Å². The van der Waals surface area contributed by atoms with Crippen LogP contribution in [-0.2, 0) is 26.0 Å². The van der Waals surface area contributed by atoms with Crippen molar-refractivity contribution in [3.8, 4) is 0 Å². The molecule has 41 heavy (non-hydrogen) atoms. The average molecular weight is 619 g/mol. The first-order valence-corrected chi connectivity index (χ1v) is 15.5. The smallest absolute Gasteiger partial charge is 0.333 e. The maximum Gasteiger partial charge on any atom is 0.333 e. The number of carbonyl (C=O) groups is 3. The predicted octanol–water partition coefficient (Wildman–Crippen LogP) is 3.17. The maximum atomic E-state index is 13.2. The van der Waals surface area contributed by atoms with Gasteiger partial charge in [-0.3, -0.25) is 14.5 Å². The molecular weight excluding hydrogens is 592 g/mol. The van der Waals surface area contributed by atoms with Gasteiger partial charge in [0.1, 0.15) is 10.0 Å². The highest BCUT2D eigenvalue weighted by molar-refractivity contribution is 7.92. The first-order chi connectivity index (χ1) is 19.7. The minimum atomic E-state index is -4.10. The third-order valence-corrected chi connectivity index (χ3v) is 9.54. The van der Waals surface area contributed by atoms with E-state index in [-0.39, 0.29) is 26.5 Å². The summed E-state index contributed by atoms with van der Waals surface area (Å²) in [4.78, 5) is 45.9. The molecular formula is C26H27ClN6O6S2. The molecule has 2 aliphatic heterocycles. The number of urea groups is 1. The number of hydrogen-bond acceptors (Lipinski definition) is 10. The Bertz CT molecular complexity index is 1560. The third-order valence-electron chi connectivity index (χ3n) is 6.49. The quantitative estimate of drug-likeness (QED) is 0.243. The van der Waals surface area contributed by atoms with Crippen molar-refractivity contribution in [2.24, 2.45) is 0 Å². The average Bonchev–Trinajstić information content (AvgIpc) is 3.39. The van der Waals surface area contributed by atoms with E-state index in [1.807, 2.05) is 16.9 Å². The van der Waals surface area contributed by atoms with Crippen LogP contribution in [0, 0.1) is 0 Å². The van der Waals surface area contributed by atoms with E-state index in [2.05, 4.69) is 20.5 Å². The van der Waals surface area contributed by atoms with Gasteiger partial charge in [0.05, 0.1) is 35.9 Å². The SMILES string of the molecule is O=C(Nc1ccc(N2C(=O)Cc3cc(NCCCN4CCOCC4)ccc3C2=O)nc1)NS(=O)(=O)c1ccc(Cl)s1. The molecule has 0 spiro atoms. The van der Waals surface area contributed by atoms with Crippen LogP contribution in [-0.4, -0.2) is 75.5 Å². The number of pyridine rings is 1. The number of sulfonamides is 1. The highest BCUT2D eigenvalue weighted by Crippen LogP contribution is 2.28. The zero-order valence-electron chi connectivity index (χ0n) is 21.8. The van der Waals surface area contributed by atoms with E-state index >= 15 is 0 Å². The van der Waals surface area contributed by atoms with Crippen LogP contribution < -0.4 is 20.3 Å². The monoisotopic (exact) mass is 618 g/mol. The summed E-state index contributed by atoms with van der Waals surface area (Å²) in [5.74, 6) is -0.844. The van der Waals surface area contributed by atoms with Gasteiger partial charge in [-0.25, -0.2) is 27.8 Å². The summed E-state index contributed by atoms with van der Waals surface area (Å²) in [6.45, 7) is 5.16. The number of fused-ring (bicyclic) bond motifs is 1. The highest BCUT2D eigenvalue weighted by Gasteiger charge is 2.33. The molecule has 2 aromatic heterocycles. The van der Waals surface area contributed by atoms with Crippen LogP contribution in [0.1, 0.15) is 22.3 Å². The lowest BCUT2D eigenvalue weighted by atomic mass is 9.97. The number of nitrogens with zero attached hydrogens (tertiary/aromatic N) is 3. The standard InChI is InChI=1S/C26H27ClN6O6S2/c27-21-5-7-24(40-21)41(37,38)31-26(36)30-19-3-6-22(29-16-19)33-23(34)15-17-14-18(2-4-20(17)25(33)35)28-8-1-9-32-10-12-39-13-11-32/h2-7,14,16,28H,1,8-13,15H2,(H2,30,31,36). The van der Waals surface area contributed by atoms with Gasteiger partial charge in [-0.05, 0) is 61.0 Å². The molecule has 3 N–H and O–H groups in total. The van der Waals surface area contributed by atoms with Crippen molar-refractivity contribution in [2.75, 3.05) is 54.9 Å². The van der Waals surface area contributed by atoms with Crippen LogP contribution in [0.3, 0.4) is 0 Å². The number of amides is 4. The van der Waals surface area contributed by atoms with Gasteiger partial charge < -0.3 is 15.4 Å². The Morgan fingerprint density at radius 1 is 1.07 bits per heavy atom. The number of thiophene rings is 1. The van der Waals surface area contributed by atoms with Crippen molar-refractivity contribution in [1.29, 1.82) is 0 Å². The molecule has 0 unspecified atom stereocenters. The summed E-state index contributed by atoms with van der Waals surface area (Å²) in [6, 6.07) is 9.84. The fourth-order valence-corrected chi connectivity index (χ4v) is 6.88. The molecule has 15 heteroatoms. The van der Waals surface area contributed by atoms with Gasteiger partial charge in [0, 0.05) is 30.9 Å². The van der Waals surface area contributed by atoms with Crippen molar-refractivity contribution >= 4 is 68.0 Å². The van der Waals surface area contributed by atoms with E-state index < -0.39 is 27.9 Å². The van der Waals surface area contributed by atoms with Gasteiger partial charge in [-0.2, -0.15) is 0 Å². The molecule has 5 rings (SSSR count). The molecule has 2 aliphatic rings. The zero-order chi connectivity index (χ0) is 29.0. The summed E-state index contributed by atoms with van der Waals surface area (Å²) in [7, 11) is -4.10. The number of ether oxygens (including phenoxy) is 1. The molecule has 0 bridgehead atoms. The van der Waals surface area contributed by atoms with Crippen molar-refractivity contribution in [3.05, 3.63) is 64.1 Å². The van der Waals surface area contributed by atoms with Crippen molar-refractivity contribution in [1.82, 2.24) is 14.6 Å². The summed E-state index contributed by atoms with van der Waals surface area (Å²) in [6.07, 6.45) is 2.21. The number of rotatable bonds is 9. The number of anilines is 3. The predicted molar refractivity (Wildman–Crippen MR) is 155 cm³/mol. The lowest BCUT2D eigenvalue weighted by Gasteiger charge is -2.27. The van der Waals surface area contributed by atoms with E-state index in [0.29, 0.717) is 11.1 Å². The molecule has 4 amide bonds. The van der Waals surface area contributed by atoms with Crippen LogP contribution >= 0.6 is 22.9 Å². The number of imide groups is 1. The lowest BCUT2D eigenvalue weighted by Crippen LogP contribution is -2.43. The Kier molecular flexibility index (Phi) is 8.85. The van der Waals surface area contributed by atoms with Gasteiger partial charge >= 0.3 is 6.03 Å². The zero-order valence-corrected chi connectivity index (χ0v) is 24.2. The fraction of sp³-hybridized carbons (Fsp3) is 0.308. The molecule has 0 saturated carbocycles. The second-order valence-electron chi connectivity index (χ2n) is 9.34. The van der Waals surface area contributed by atoms with Crippen molar-refractivity contribution < 1.29 is 27.5 Å². The highest BCUT2D eigenvalue weighted by atomic mass is 35.5. The molecule has 0 aliphatic carbocycles. The number of morpholine rings is 1. The first kappa shape index (κ1) is 29.0. The number of carbonyl (C=O) groups excluding carboxylic acids is 3. The van der Waals surface area contributed by atoms with Gasteiger partial charge in [-0.1, -0.05) is 11.6 Å². The first-order valence-electron chi connectivity index (χ1n) is 12.8. The van der Waals surface area contributed by atoms with Crippen molar-refractivity contribution in [3.63, 3.8) is 0 Å². The molecule has 216 valence electrons. The van der Waals surface area contributed by atoms with E-state index in [1.165, 1.54) is 30.5 Å². The topological polar surface area (TPSA) is 150 Å². The molecule has 1 saturated heterocycles. The van der Waals surface area contributed by atoms with Crippen LogP contribution in [0.25, 0.3) is 0 Å². The summed E-state index contributed by atoms with van der Waals surface area (Å²) in [5.41, 5.74) is 2.05. The Labute approximate surface area is 245 Å². The molecule has 3 aromatic rings. The molecule has 1 fully saturated rings. The number of hydrogen-bond donors (Lipinski definition) is 3. The Morgan fingerprint density at radius 2 is 1.85 bits per heavy atom. The Morgan fingerprint density at radius 3 is 2.56 bits per heavy atom. The third kappa shape index (κ3) is 7.02. The number of halogens is 1. The number of benzene rings is 1. The summed E-state index contributed by atoms with van der Waals surface area (Å²) in [5, 5.41) is 5.73. The molecule has 0 atom stereocenters. The van der Waals surface area contributed by atoms with E-state index in [0.717, 1.165) is 67.7 Å². The van der Waals surface area contributed by atoms with Crippen LogP contribution in [0.4, 0.5) is 22.0 Å². The second-order valence-corrected chi connectivity index (χ2v) is 13.0. The second kappa shape index (κ2) is 12.5. The van der Waals surface area contributed by atoms with E-state index in [4.69, 9.17) is 16.3 Å². The van der Waals surface area contributed by atoms with Gasteiger partial charge in [0.15, 0.2) is 0 Å². The van der Waals surface area contributed by atoms with Gasteiger partial charge in [0.2, 0.25) is 5.91 Å². The number of aromatic nitrogens is 1. The normalized spacial score (nSPS) is 15.9. The Balaban J connectivity index is 1.17. The summed E-state index contributed by atoms with van der Waals surface area (Å²) >= 11 is 6.58. The molecule has 4 heterocycles. The lowest BCUT2D eigenvalue weighted by molar-refractivity contribution is -0.117. The van der Waals surface area contributed by atoms with Crippen LogP contribution in [0.5, 0.6) is 0 Å². The fourth-order valence-electron chi connectivity index (χ4n) is 4.49. The Hall–Kier alpha value is -3.56. The molecule has 12 nitrogen and oxygen atoms in total. The van der Waals surface area contributed by atoms with Crippen LogP contribution in [0.2, 0.25) is 4.34 Å². The van der Waals surface area contributed by atoms with Gasteiger partial charge in [-0.15, -0.1) is 11.3 Å².